The Labute approximate surface area is 169 Å². The molecule has 0 aliphatic carbocycles. The van der Waals surface area contributed by atoms with E-state index in [9.17, 15) is 20.2 Å². The Morgan fingerprint density at radius 1 is 1.24 bits per heavy atom. The molecule has 0 amide bonds. The molecule has 2 aromatic rings. The fraction of sp³-hybridized carbons (Fsp3) is 0.273. The van der Waals surface area contributed by atoms with Crippen molar-refractivity contribution >= 4 is 11.6 Å². The largest absolute Gasteiger partial charge is 0.383 e. The highest BCUT2D eigenvalue weighted by Gasteiger charge is 2.28. The molecule has 0 spiro atoms. The van der Waals surface area contributed by atoms with Crippen molar-refractivity contribution in [1.29, 1.82) is 15.8 Å². The molecule has 0 bridgehead atoms. The summed E-state index contributed by atoms with van der Waals surface area (Å²) in [7, 11) is 0. The Morgan fingerprint density at radius 3 is 2.41 bits per heavy atom. The van der Waals surface area contributed by atoms with Crippen molar-refractivity contribution in [2.45, 2.75) is 26.2 Å². The zero-order valence-corrected chi connectivity index (χ0v) is 16.4. The fourth-order valence-electron chi connectivity index (χ4n) is 3.17. The molecule has 0 saturated heterocycles. The molecule has 7 heteroatoms. The van der Waals surface area contributed by atoms with E-state index in [2.05, 4.69) is 23.7 Å². The molecule has 1 aromatic heterocycles. The number of nitriles is 3. The number of nitrogens with two attached hydrogens (primary N) is 1. The Balaban J connectivity index is 2.72. The average Bonchev–Trinajstić information content (AvgIpc) is 2.70. The first-order valence-corrected chi connectivity index (χ1v) is 9.03. The van der Waals surface area contributed by atoms with Gasteiger partial charge in [0.05, 0.1) is 12.0 Å². The van der Waals surface area contributed by atoms with Gasteiger partial charge in [-0.2, -0.15) is 15.8 Å². The lowest BCUT2D eigenvalue weighted by atomic mass is 9.87. The summed E-state index contributed by atoms with van der Waals surface area (Å²) in [6.45, 7) is 8.58. The van der Waals surface area contributed by atoms with Crippen LogP contribution in [0.15, 0.2) is 36.4 Å². The predicted octanol–water partition coefficient (Wildman–Crippen LogP) is 3.80. The second-order valence-electron chi connectivity index (χ2n) is 6.66. The van der Waals surface area contributed by atoms with E-state index in [1.54, 1.807) is 23.1 Å². The van der Waals surface area contributed by atoms with Crippen LogP contribution in [0.2, 0.25) is 0 Å². The minimum Gasteiger partial charge on any atom is -0.383 e. The normalized spacial score (nSPS) is 11.0. The van der Waals surface area contributed by atoms with Gasteiger partial charge in [-0.1, -0.05) is 30.4 Å². The van der Waals surface area contributed by atoms with Gasteiger partial charge in [-0.05, 0) is 31.9 Å². The Bertz CT molecular complexity index is 1050. The first kappa shape index (κ1) is 21.4. The second-order valence-corrected chi connectivity index (χ2v) is 6.66. The van der Waals surface area contributed by atoms with E-state index < -0.39 is 11.7 Å². The minimum atomic E-state index is -0.941. The van der Waals surface area contributed by atoms with Gasteiger partial charge in [0.1, 0.15) is 40.7 Å². The van der Waals surface area contributed by atoms with Gasteiger partial charge in [-0.25, -0.2) is 9.37 Å². The molecule has 29 heavy (non-hydrogen) atoms. The summed E-state index contributed by atoms with van der Waals surface area (Å²) in [5.41, 5.74) is 7.44. The summed E-state index contributed by atoms with van der Waals surface area (Å²) in [4.78, 5) is 6.08. The summed E-state index contributed by atoms with van der Waals surface area (Å²) >= 11 is 0. The van der Waals surface area contributed by atoms with Crippen molar-refractivity contribution in [2.24, 2.45) is 0 Å². The maximum atomic E-state index is 14.2. The van der Waals surface area contributed by atoms with E-state index in [1.807, 2.05) is 19.9 Å². The van der Waals surface area contributed by atoms with Crippen molar-refractivity contribution in [3.05, 3.63) is 64.5 Å². The van der Waals surface area contributed by atoms with Crippen LogP contribution in [0.25, 0.3) is 0 Å². The van der Waals surface area contributed by atoms with Gasteiger partial charge in [0.15, 0.2) is 0 Å². The maximum Gasteiger partial charge on any atom is 0.149 e. The second kappa shape index (κ2) is 9.35. The van der Waals surface area contributed by atoms with Crippen LogP contribution in [0.4, 0.5) is 16.0 Å². The molecule has 2 N–H and O–H groups in total. The molecule has 6 nitrogen and oxygen atoms in total. The number of hydrogen-bond donors (Lipinski definition) is 1. The number of likely N-dealkylation sites (N-methyl/N-ethyl adjacent to an activating group) is 1. The number of benzene rings is 1. The van der Waals surface area contributed by atoms with Crippen molar-refractivity contribution in [3.8, 4) is 18.2 Å². The van der Waals surface area contributed by atoms with E-state index in [0.29, 0.717) is 24.5 Å². The molecule has 0 radical (unpaired) electrons. The molecular weight excluding hydrogens is 367 g/mol. The molecule has 0 aliphatic heterocycles. The number of hydrogen-bond acceptors (Lipinski definition) is 6. The van der Waals surface area contributed by atoms with Crippen molar-refractivity contribution in [2.75, 3.05) is 23.7 Å². The van der Waals surface area contributed by atoms with Crippen LogP contribution in [0, 0.1) is 39.8 Å². The highest BCUT2D eigenvalue weighted by atomic mass is 19.1. The van der Waals surface area contributed by atoms with Crippen LogP contribution in [0.1, 0.15) is 42.0 Å². The molecule has 0 saturated carbocycles. The lowest BCUT2D eigenvalue weighted by Crippen LogP contribution is -2.28. The zero-order valence-electron chi connectivity index (χ0n) is 16.4. The predicted molar refractivity (Wildman–Crippen MR) is 109 cm³/mol. The smallest absolute Gasteiger partial charge is 0.149 e. The third kappa shape index (κ3) is 4.51. The summed E-state index contributed by atoms with van der Waals surface area (Å²) in [6, 6.07) is 12.3. The Hall–Kier alpha value is -3.89. The van der Waals surface area contributed by atoms with Gasteiger partial charge in [-0.3, -0.25) is 0 Å². The number of halogens is 1. The molecule has 0 unspecified atom stereocenters. The van der Waals surface area contributed by atoms with Gasteiger partial charge in [0, 0.05) is 18.7 Å². The average molecular weight is 388 g/mol. The number of anilines is 2. The molecule has 1 heterocycles. The summed E-state index contributed by atoms with van der Waals surface area (Å²) in [5, 5.41) is 29.3. The standard InChI is InChI=1S/C22H21FN6/c1-4-29(13-14(2)3)22-18(12-26)20(17(11-25)21(27)28-22)16(10-24)9-15-7-5-6-8-19(15)23/h5-8,16H,2,4,9,13H2,1,3H3,(H2,27,28)/t16-/m1/s1. The highest BCUT2D eigenvalue weighted by Crippen LogP contribution is 2.35. The molecule has 146 valence electrons. The number of nitrogen functional groups attached to an aromatic ring is 1. The van der Waals surface area contributed by atoms with Gasteiger partial charge in [0.2, 0.25) is 0 Å². The van der Waals surface area contributed by atoms with Crippen LogP contribution in [-0.2, 0) is 6.42 Å². The third-order valence-electron chi connectivity index (χ3n) is 4.50. The highest BCUT2D eigenvalue weighted by molar-refractivity contribution is 5.70. The molecule has 0 aliphatic rings. The summed E-state index contributed by atoms with van der Waals surface area (Å²) < 4.78 is 14.2. The van der Waals surface area contributed by atoms with Crippen molar-refractivity contribution in [3.63, 3.8) is 0 Å². The lowest BCUT2D eigenvalue weighted by molar-refractivity contribution is 0.604. The van der Waals surface area contributed by atoms with Crippen LogP contribution >= 0.6 is 0 Å². The number of aromatic nitrogens is 1. The summed E-state index contributed by atoms with van der Waals surface area (Å²) in [6.07, 6.45) is 0.00202. The molecule has 1 atom stereocenters. The van der Waals surface area contributed by atoms with Gasteiger partial charge >= 0.3 is 0 Å². The maximum absolute atomic E-state index is 14.2. The van der Waals surface area contributed by atoms with Gasteiger partial charge < -0.3 is 10.6 Å². The van der Waals surface area contributed by atoms with Gasteiger partial charge in [-0.15, -0.1) is 0 Å². The molecule has 2 rings (SSSR count). The summed E-state index contributed by atoms with van der Waals surface area (Å²) in [5.74, 6) is -1.17. The van der Waals surface area contributed by atoms with E-state index >= 15 is 0 Å². The van der Waals surface area contributed by atoms with Crippen molar-refractivity contribution in [1.82, 2.24) is 4.98 Å². The minimum absolute atomic E-state index is 0.00202. The zero-order chi connectivity index (χ0) is 21.6. The SMILES string of the molecule is C=C(C)CN(CC)c1nc(N)c(C#N)c([C@@H](C#N)Cc2ccccc2F)c1C#N. The van der Waals surface area contributed by atoms with Gasteiger partial charge in [0.25, 0.3) is 0 Å². The van der Waals surface area contributed by atoms with E-state index in [4.69, 9.17) is 5.73 Å². The first-order chi connectivity index (χ1) is 13.9. The molecular formula is C22H21FN6. The Kier molecular flexibility index (Phi) is 6.90. The van der Waals surface area contributed by atoms with Crippen LogP contribution < -0.4 is 10.6 Å². The van der Waals surface area contributed by atoms with E-state index in [0.717, 1.165) is 5.57 Å². The third-order valence-corrected chi connectivity index (χ3v) is 4.50. The molecule has 1 aromatic carbocycles. The first-order valence-electron chi connectivity index (χ1n) is 9.03. The molecule has 0 fully saturated rings. The van der Waals surface area contributed by atoms with Crippen LogP contribution in [0.5, 0.6) is 0 Å². The van der Waals surface area contributed by atoms with Crippen molar-refractivity contribution < 1.29 is 4.39 Å². The van der Waals surface area contributed by atoms with Crippen LogP contribution in [0.3, 0.4) is 0 Å². The fourth-order valence-corrected chi connectivity index (χ4v) is 3.17. The quantitative estimate of drug-likeness (QED) is 0.722. The number of nitrogens with zero attached hydrogens (tertiary/aromatic N) is 5. The van der Waals surface area contributed by atoms with E-state index in [-0.39, 0.29) is 28.9 Å². The van der Waals surface area contributed by atoms with E-state index in [1.165, 1.54) is 6.07 Å². The number of pyridine rings is 1. The number of rotatable bonds is 7. The Morgan fingerprint density at radius 2 is 1.90 bits per heavy atom. The monoisotopic (exact) mass is 388 g/mol. The van der Waals surface area contributed by atoms with Crippen LogP contribution in [-0.4, -0.2) is 18.1 Å². The topological polar surface area (TPSA) is 114 Å². The lowest BCUT2D eigenvalue weighted by Gasteiger charge is -2.26.